The van der Waals surface area contributed by atoms with Crippen LogP contribution >= 0.6 is 0 Å². The van der Waals surface area contributed by atoms with Gasteiger partial charge in [-0.1, -0.05) is 0 Å². The van der Waals surface area contributed by atoms with E-state index in [0.29, 0.717) is 30.8 Å². The van der Waals surface area contributed by atoms with Crippen LogP contribution in [0.25, 0.3) is 5.52 Å². The summed E-state index contributed by atoms with van der Waals surface area (Å²) in [7, 11) is 0. The molecule has 0 spiro atoms. The van der Waals surface area contributed by atoms with Crippen molar-refractivity contribution in [2.45, 2.75) is 39.2 Å². The number of hydrogen-bond acceptors (Lipinski definition) is 6. The van der Waals surface area contributed by atoms with E-state index in [1.54, 1.807) is 32.9 Å². The Kier molecular flexibility index (Phi) is 8.00. The third kappa shape index (κ3) is 8.00. The Morgan fingerprint density at radius 3 is 2.52 bits per heavy atom. The SMILES string of the molecule is CC(C)(C)OC(=O)NCCCOc1ccc2cc(C(=O)NCCC(=O)O)cc(=O)n2c1. The van der Waals surface area contributed by atoms with E-state index in [1.165, 1.54) is 22.7 Å². The highest BCUT2D eigenvalue weighted by Gasteiger charge is 2.15. The first-order valence-corrected chi connectivity index (χ1v) is 9.81. The van der Waals surface area contributed by atoms with Crippen molar-refractivity contribution in [3.8, 4) is 5.75 Å². The highest BCUT2D eigenvalue weighted by Crippen LogP contribution is 2.13. The topological polar surface area (TPSA) is 135 Å². The number of aromatic nitrogens is 1. The van der Waals surface area contributed by atoms with Crippen molar-refractivity contribution >= 4 is 23.5 Å². The Hall–Kier alpha value is -3.56. The summed E-state index contributed by atoms with van der Waals surface area (Å²) in [5, 5.41) is 13.7. The highest BCUT2D eigenvalue weighted by atomic mass is 16.6. The lowest BCUT2D eigenvalue weighted by Gasteiger charge is -2.19. The van der Waals surface area contributed by atoms with Crippen LogP contribution in [0.4, 0.5) is 4.79 Å². The van der Waals surface area contributed by atoms with Crippen molar-refractivity contribution in [3.05, 3.63) is 46.4 Å². The number of pyridine rings is 2. The molecular formula is C21H27N3O7. The zero-order valence-electron chi connectivity index (χ0n) is 17.8. The molecule has 10 nitrogen and oxygen atoms in total. The molecule has 3 N–H and O–H groups in total. The van der Waals surface area contributed by atoms with E-state index in [1.807, 2.05) is 0 Å². The second-order valence-corrected chi connectivity index (χ2v) is 7.77. The second-order valence-electron chi connectivity index (χ2n) is 7.77. The third-order valence-corrected chi connectivity index (χ3v) is 3.92. The number of carboxylic acid groups (broad SMARTS) is 1. The molecule has 0 fully saturated rings. The van der Waals surface area contributed by atoms with Gasteiger partial charge >= 0.3 is 12.1 Å². The molecule has 0 bridgehead atoms. The lowest BCUT2D eigenvalue weighted by Crippen LogP contribution is -2.33. The van der Waals surface area contributed by atoms with Crippen LogP contribution in [0.2, 0.25) is 0 Å². The largest absolute Gasteiger partial charge is 0.492 e. The maximum Gasteiger partial charge on any atom is 0.407 e. The lowest BCUT2D eigenvalue weighted by molar-refractivity contribution is -0.136. The Balaban J connectivity index is 1.91. The molecular weight excluding hydrogens is 406 g/mol. The third-order valence-electron chi connectivity index (χ3n) is 3.92. The minimum absolute atomic E-state index is 0.0247. The fourth-order valence-corrected chi connectivity index (χ4v) is 2.57. The first-order chi connectivity index (χ1) is 14.5. The van der Waals surface area contributed by atoms with Crippen molar-refractivity contribution in [1.82, 2.24) is 15.0 Å². The number of carbonyl (C=O) groups is 3. The maximum absolute atomic E-state index is 12.4. The molecule has 0 radical (unpaired) electrons. The number of nitrogens with one attached hydrogen (secondary N) is 2. The molecule has 10 heteroatoms. The molecule has 0 saturated carbocycles. The standard InChI is InChI=1S/C21H27N3O7/c1-21(2,3)31-20(29)23-8-4-10-30-16-6-5-15-11-14(12-17(25)24(15)13-16)19(28)22-9-7-18(26)27/h5-6,11-13H,4,7-10H2,1-3H3,(H,22,28)(H,23,29)(H,26,27). The van der Waals surface area contributed by atoms with E-state index in [4.69, 9.17) is 14.6 Å². The van der Waals surface area contributed by atoms with E-state index in [-0.39, 0.29) is 18.5 Å². The average Bonchev–Trinajstić information content (AvgIpc) is 2.66. The smallest absolute Gasteiger partial charge is 0.407 e. The van der Waals surface area contributed by atoms with Crippen LogP contribution < -0.4 is 20.9 Å². The van der Waals surface area contributed by atoms with Gasteiger partial charge in [0.15, 0.2) is 0 Å². The molecule has 0 atom stereocenters. The van der Waals surface area contributed by atoms with E-state index < -0.39 is 29.1 Å². The molecule has 2 aromatic heterocycles. The minimum Gasteiger partial charge on any atom is -0.492 e. The quantitative estimate of drug-likeness (QED) is 0.513. The number of alkyl carbamates (subject to hydrolysis) is 1. The van der Waals surface area contributed by atoms with Gasteiger partial charge < -0.3 is 25.2 Å². The summed E-state index contributed by atoms with van der Waals surface area (Å²) in [6.07, 6.45) is 1.37. The van der Waals surface area contributed by atoms with E-state index >= 15 is 0 Å². The van der Waals surface area contributed by atoms with Crippen LogP contribution in [0.5, 0.6) is 5.75 Å². The number of aliphatic carboxylic acids is 1. The van der Waals surface area contributed by atoms with Gasteiger partial charge in [-0.05, 0) is 45.4 Å². The summed E-state index contributed by atoms with van der Waals surface area (Å²) in [6.45, 7) is 6.02. The van der Waals surface area contributed by atoms with Crippen molar-refractivity contribution in [3.63, 3.8) is 0 Å². The Morgan fingerprint density at radius 1 is 1.10 bits per heavy atom. The van der Waals surface area contributed by atoms with Crippen LogP contribution in [0.1, 0.15) is 44.0 Å². The van der Waals surface area contributed by atoms with Crippen LogP contribution in [0.15, 0.2) is 35.3 Å². The monoisotopic (exact) mass is 433 g/mol. The van der Waals surface area contributed by atoms with Crippen molar-refractivity contribution in [2.75, 3.05) is 19.7 Å². The summed E-state index contributed by atoms with van der Waals surface area (Å²) in [6, 6.07) is 6.02. The minimum atomic E-state index is -1.02. The molecule has 31 heavy (non-hydrogen) atoms. The number of fused-ring (bicyclic) bond motifs is 1. The molecule has 2 amide bonds. The van der Waals surface area contributed by atoms with Crippen LogP contribution in [0.3, 0.4) is 0 Å². The predicted molar refractivity (Wildman–Crippen MR) is 113 cm³/mol. The molecule has 0 aliphatic carbocycles. The van der Waals surface area contributed by atoms with Gasteiger partial charge in [0.25, 0.3) is 11.5 Å². The van der Waals surface area contributed by atoms with Crippen LogP contribution in [-0.2, 0) is 9.53 Å². The molecule has 0 aromatic carbocycles. The van der Waals surface area contributed by atoms with Gasteiger partial charge in [-0.2, -0.15) is 0 Å². The normalized spacial score (nSPS) is 11.1. The van der Waals surface area contributed by atoms with Crippen molar-refractivity contribution in [1.29, 1.82) is 0 Å². The lowest BCUT2D eigenvalue weighted by atomic mass is 10.2. The molecule has 0 unspecified atom stereocenters. The molecule has 0 aliphatic rings. The molecule has 0 aliphatic heterocycles. The number of rotatable bonds is 9. The fraction of sp³-hybridized carbons (Fsp3) is 0.429. The molecule has 0 saturated heterocycles. The Morgan fingerprint density at radius 2 is 1.84 bits per heavy atom. The number of nitrogens with zero attached hydrogens (tertiary/aromatic N) is 1. The van der Waals surface area contributed by atoms with Crippen LogP contribution in [0, 0.1) is 0 Å². The fourth-order valence-electron chi connectivity index (χ4n) is 2.57. The zero-order chi connectivity index (χ0) is 23.0. The van der Waals surface area contributed by atoms with E-state index in [2.05, 4.69) is 10.6 Å². The summed E-state index contributed by atoms with van der Waals surface area (Å²) in [5.41, 5.74) is -0.331. The molecule has 2 heterocycles. The summed E-state index contributed by atoms with van der Waals surface area (Å²) in [5.74, 6) is -1.07. The zero-order valence-corrected chi connectivity index (χ0v) is 17.8. The summed E-state index contributed by atoms with van der Waals surface area (Å²) < 4.78 is 12.1. The van der Waals surface area contributed by atoms with Gasteiger partial charge in [-0.25, -0.2) is 4.79 Å². The summed E-state index contributed by atoms with van der Waals surface area (Å²) in [4.78, 5) is 46.6. The number of carboxylic acids is 1. The van der Waals surface area contributed by atoms with Gasteiger partial charge in [0.05, 0.1) is 19.2 Å². The highest BCUT2D eigenvalue weighted by molar-refractivity contribution is 5.95. The average molecular weight is 433 g/mol. The Labute approximate surface area is 179 Å². The van der Waals surface area contributed by atoms with E-state index in [0.717, 1.165) is 0 Å². The number of amides is 2. The van der Waals surface area contributed by atoms with Crippen LogP contribution in [-0.4, -0.2) is 52.8 Å². The summed E-state index contributed by atoms with van der Waals surface area (Å²) >= 11 is 0. The van der Waals surface area contributed by atoms with Gasteiger partial charge in [-0.3, -0.25) is 18.8 Å². The predicted octanol–water partition coefficient (Wildman–Crippen LogP) is 1.80. The van der Waals surface area contributed by atoms with Gasteiger partial charge in [0, 0.05) is 30.2 Å². The molecule has 2 aromatic rings. The van der Waals surface area contributed by atoms with E-state index in [9.17, 15) is 19.2 Å². The second kappa shape index (κ2) is 10.5. The first kappa shape index (κ1) is 23.7. The molecule has 168 valence electrons. The molecule has 2 rings (SSSR count). The Bertz CT molecular complexity index is 1010. The van der Waals surface area contributed by atoms with Gasteiger partial charge in [-0.15, -0.1) is 0 Å². The number of carbonyl (C=O) groups excluding carboxylic acids is 2. The number of hydrogen-bond donors (Lipinski definition) is 3. The number of ether oxygens (including phenoxy) is 2. The van der Waals surface area contributed by atoms with Gasteiger partial charge in [0.2, 0.25) is 0 Å². The maximum atomic E-state index is 12.4. The van der Waals surface area contributed by atoms with Crippen molar-refractivity contribution in [2.24, 2.45) is 0 Å². The first-order valence-electron chi connectivity index (χ1n) is 9.81. The van der Waals surface area contributed by atoms with Crippen molar-refractivity contribution < 1.29 is 29.0 Å². The van der Waals surface area contributed by atoms with Gasteiger partial charge in [0.1, 0.15) is 11.4 Å².